The van der Waals surface area contributed by atoms with Gasteiger partial charge in [0.2, 0.25) is 0 Å². The smallest absolute Gasteiger partial charge is 0.0361 e. The summed E-state index contributed by atoms with van der Waals surface area (Å²) in [4.78, 5) is 3.07. The van der Waals surface area contributed by atoms with E-state index in [-0.39, 0.29) is 5.48 Å². The van der Waals surface area contributed by atoms with E-state index in [1.54, 1.807) is 0 Å². The first-order valence-corrected chi connectivity index (χ1v) is 3.61. The molecule has 0 saturated heterocycles. The molecule has 1 aromatic carbocycles. The van der Waals surface area contributed by atoms with E-state index in [0.717, 1.165) is 4.90 Å². The first kappa shape index (κ1) is 10.3. The molecule has 3 heteroatoms. The highest BCUT2D eigenvalue weighted by molar-refractivity contribution is 7.80. The van der Waals surface area contributed by atoms with E-state index in [1.165, 1.54) is 5.69 Å². The Kier molecular flexibility index (Phi) is 4.00. The predicted octanol–water partition coefficient (Wildman–Crippen LogP) is 1.22. The molecule has 11 heavy (non-hydrogen) atoms. The van der Waals surface area contributed by atoms with Crippen molar-refractivity contribution < 1.29 is 5.48 Å². The highest BCUT2D eigenvalue weighted by Gasteiger charge is 1.91. The van der Waals surface area contributed by atoms with Crippen molar-refractivity contribution in [3.05, 3.63) is 24.3 Å². The maximum absolute atomic E-state index is 4.18. The van der Waals surface area contributed by atoms with E-state index in [2.05, 4.69) is 17.5 Å². The summed E-state index contributed by atoms with van der Waals surface area (Å²) in [6.45, 7) is 0. The third kappa shape index (κ3) is 2.82. The number of hydrogen-bond acceptors (Lipinski definition) is 2. The first-order chi connectivity index (χ1) is 4.70. The van der Waals surface area contributed by atoms with Gasteiger partial charge in [0.1, 0.15) is 0 Å². The Morgan fingerprint density at radius 3 is 1.91 bits per heavy atom. The topological polar surface area (TPSA) is 34.7 Å². The van der Waals surface area contributed by atoms with Gasteiger partial charge in [0.15, 0.2) is 0 Å². The Morgan fingerprint density at radius 2 is 1.55 bits per heavy atom. The molecule has 0 radical (unpaired) electrons. The molecule has 0 aliphatic heterocycles. The quantitative estimate of drug-likeness (QED) is 0.633. The van der Waals surface area contributed by atoms with Crippen molar-refractivity contribution in [2.75, 3.05) is 19.0 Å². The molecule has 0 aliphatic rings. The maximum Gasteiger partial charge on any atom is 0.0361 e. The van der Waals surface area contributed by atoms with Crippen LogP contribution in [0.3, 0.4) is 0 Å². The molecule has 62 valence electrons. The van der Waals surface area contributed by atoms with E-state index >= 15 is 0 Å². The van der Waals surface area contributed by atoms with Gasteiger partial charge in [0.25, 0.3) is 0 Å². The van der Waals surface area contributed by atoms with Gasteiger partial charge in [-0.15, -0.1) is 12.6 Å². The number of hydrogen-bond donors (Lipinski definition) is 1. The zero-order valence-corrected chi connectivity index (χ0v) is 7.60. The SMILES string of the molecule is CN(C)c1ccc(S)cc1.O. The number of thiol groups is 1. The fourth-order valence-corrected chi connectivity index (χ4v) is 0.900. The van der Waals surface area contributed by atoms with Gasteiger partial charge in [0, 0.05) is 24.7 Å². The Bertz CT molecular complexity index is 208. The van der Waals surface area contributed by atoms with Crippen LogP contribution in [0.1, 0.15) is 0 Å². The summed E-state index contributed by atoms with van der Waals surface area (Å²) in [5, 5.41) is 0. The average molecular weight is 171 g/mol. The predicted molar refractivity (Wildman–Crippen MR) is 51.6 cm³/mol. The molecule has 2 N–H and O–H groups in total. The average Bonchev–Trinajstić information content (AvgIpc) is 1.88. The molecule has 0 heterocycles. The van der Waals surface area contributed by atoms with Gasteiger partial charge in [-0.25, -0.2) is 0 Å². The van der Waals surface area contributed by atoms with Gasteiger partial charge in [-0.3, -0.25) is 0 Å². The summed E-state index contributed by atoms with van der Waals surface area (Å²) >= 11 is 4.18. The molecular weight excluding hydrogens is 158 g/mol. The molecular formula is C8H13NOS. The Labute approximate surface area is 72.6 Å². The Morgan fingerprint density at radius 1 is 1.09 bits per heavy atom. The van der Waals surface area contributed by atoms with E-state index in [0.29, 0.717) is 0 Å². The third-order valence-electron chi connectivity index (χ3n) is 1.37. The minimum atomic E-state index is 0. The summed E-state index contributed by atoms with van der Waals surface area (Å²) in [5.41, 5.74) is 1.21. The Hall–Kier alpha value is -0.670. The third-order valence-corrected chi connectivity index (χ3v) is 1.66. The highest BCUT2D eigenvalue weighted by atomic mass is 32.1. The molecule has 0 fully saturated rings. The second-order valence-corrected chi connectivity index (χ2v) is 2.93. The molecule has 0 aliphatic carbocycles. The molecule has 1 aromatic rings. The number of nitrogens with zero attached hydrogens (tertiary/aromatic N) is 1. The van der Waals surface area contributed by atoms with Gasteiger partial charge in [-0.1, -0.05) is 0 Å². The summed E-state index contributed by atoms with van der Waals surface area (Å²) in [6, 6.07) is 8.06. The maximum atomic E-state index is 4.18. The molecule has 0 spiro atoms. The van der Waals surface area contributed by atoms with Crippen LogP contribution in [-0.4, -0.2) is 19.6 Å². The van der Waals surface area contributed by atoms with Gasteiger partial charge < -0.3 is 10.4 Å². The fraction of sp³-hybridized carbons (Fsp3) is 0.250. The van der Waals surface area contributed by atoms with Crippen LogP contribution in [-0.2, 0) is 0 Å². The number of rotatable bonds is 1. The van der Waals surface area contributed by atoms with Crippen molar-refractivity contribution in [1.82, 2.24) is 0 Å². The van der Waals surface area contributed by atoms with Crippen LogP contribution in [0.15, 0.2) is 29.2 Å². The Balaban J connectivity index is 0.000001000. The molecule has 2 nitrogen and oxygen atoms in total. The normalized spacial score (nSPS) is 8.64. The van der Waals surface area contributed by atoms with Crippen LogP contribution in [0.25, 0.3) is 0 Å². The molecule has 0 atom stereocenters. The molecule has 0 saturated carbocycles. The zero-order valence-electron chi connectivity index (χ0n) is 6.70. The van der Waals surface area contributed by atoms with Crippen LogP contribution < -0.4 is 4.90 Å². The lowest BCUT2D eigenvalue weighted by atomic mass is 10.3. The number of anilines is 1. The summed E-state index contributed by atoms with van der Waals surface area (Å²) < 4.78 is 0. The second kappa shape index (κ2) is 4.26. The lowest BCUT2D eigenvalue weighted by Crippen LogP contribution is -2.07. The molecule has 0 bridgehead atoms. The zero-order chi connectivity index (χ0) is 7.56. The van der Waals surface area contributed by atoms with E-state index in [9.17, 15) is 0 Å². The van der Waals surface area contributed by atoms with Crippen LogP contribution in [0.5, 0.6) is 0 Å². The van der Waals surface area contributed by atoms with Gasteiger partial charge >= 0.3 is 0 Å². The van der Waals surface area contributed by atoms with Crippen LogP contribution in [0.2, 0.25) is 0 Å². The summed E-state index contributed by atoms with van der Waals surface area (Å²) in [5.74, 6) is 0. The van der Waals surface area contributed by atoms with E-state index in [4.69, 9.17) is 0 Å². The fourth-order valence-electron chi connectivity index (χ4n) is 0.751. The van der Waals surface area contributed by atoms with Crippen molar-refractivity contribution in [3.63, 3.8) is 0 Å². The lowest BCUT2D eigenvalue weighted by Gasteiger charge is -2.11. The monoisotopic (exact) mass is 171 g/mol. The van der Waals surface area contributed by atoms with Crippen molar-refractivity contribution in [2.45, 2.75) is 4.90 Å². The van der Waals surface area contributed by atoms with Gasteiger partial charge in [0.05, 0.1) is 0 Å². The van der Waals surface area contributed by atoms with E-state index in [1.807, 2.05) is 38.4 Å². The summed E-state index contributed by atoms with van der Waals surface area (Å²) in [7, 11) is 4.04. The largest absolute Gasteiger partial charge is 0.412 e. The molecule has 0 aromatic heterocycles. The first-order valence-electron chi connectivity index (χ1n) is 3.16. The van der Waals surface area contributed by atoms with Gasteiger partial charge in [-0.2, -0.15) is 0 Å². The molecule has 0 amide bonds. The minimum Gasteiger partial charge on any atom is -0.412 e. The highest BCUT2D eigenvalue weighted by Crippen LogP contribution is 2.13. The summed E-state index contributed by atoms with van der Waals surface area (Å²) in [6.07, 6.45) is 0. The lowest BCUT2D eigenvalue weighted by molar-refractivity contribution is 0.824. The van der Waals surface area contributed by atoms with Crippen molar-refractivity contribution in [1.29, 1.82) is 0 Å². The van der Waals surface area contributed by atoms with Crippen LogP contribution >= 0.6 is 12.6 Å². The molecule has 0 unspecified atom stereocenters. The van der Waals surface area contributed by atoms with Gasteiger partial charge in [-0.05, 0) is 24.3 Å². The van der Waals surface area contributed by atoms with E-state index < -0.39 is 0 Å². The second-order valence-electron chi connectivity index (χ2n) is 2.41. The molecule has 1 rings (SSSR count). The van der Waals surface area contributed by atoms with Crippen molar-refractivity contribution in [3.8, 4) is 0 Å². The van der Waals surface area contributed by atoms with Crippen molar-refractivity contribution in [2.24, 2.45) is 0 Å². The van der Waals surface area contributed by atoms with Crippen LogP contribution in [0, 0.1) is 0 Å². The minimum absolute atomic E-state index is 0. The number of benzene rings is 1. The van der Waals surface area contributed by atoms with Crippen molar-refractivity contribution >= 4 is 18.3 Å². The van der Waals surface area contributed by atoms with Crippen LogP contribution in [0.4, 0.5) is 5.69 Å². The standard InChI is InChI=1S/C8H11NS.H2O/c1-9(2)7-3-5-8(10)6-4-7;/h3-6,10H,1-2H3;1H2.